The average molecular weight is 816 g/mol. The maximum absolute atomic E-state index is 6.66. The molecule has 64 heavy (non-hydrogen) atoms. The number of hydrogen-bond acceptors (Lipinski definition) is 1. The van der Waals surface area contributed by atoms with Crippen LogP contribution in [0.2, 0.25) is 0 Å². The highest BCUT2D eigenvalue weighted by molar-refractivity contribution is 6.09. The molecule has 0 radical (unpaired) electrons. The molecule has 1 unspecified atom stereocenters. The van der Waals surface area contributed by atoms with Crippen molar-refractivity contribution in [1.29, 1.82) is 0 Å². The van der Waals surface area contributed by atoms with E-state index in [4.69, 9.17) is 4.74 Å². The molecule has 1 aromatic heterocycles. The predicted octanol–water partition coefficient (Wildman–Crippen LogP) is 15.8. The SMILES string of the molecule is c1ccc(-c2ccc(C(c3ccc(-c4ccc(-n5c6ccccc6c6ccccc65)cc4)cc3)c3cccc4c3-c3ccccc3C43c4ccccc4Oc4ccccc43)cc2)cc1. The summed E-state index contributed by atoms with van der Waals surface area (Å²) in [4.78, 5) is 0. The van der Waals surface area contributed by atoms with Gasteiger partial charge in [-0.1, -0.05) is 206 Å². The fraction of sp³-hybridized carbons (Fsp3) is 0.0323. The second-order valence-corrected chi connectivity index (χ2v) is 17.1. The minimum absolute atomic E-state index is 0.0416. The summed E-state index contributed by atoms with van der Waals surface area (Å²) < 4.78 is 9.04. The lowest BCUT2D eigenvalue weighted by molar-refractivity contribution is 0.436. The zero-order chi connectivity index (χ0) is 42.2. The fourth-order valence-electron chi connectivity index (χ4n) is 11.1. The van der Waals surface area contributed by atoms with Gasteiger partial charge >= 0.3 is 0 Å². The number of para-hydroxylation sites is 4. The molecule has 0 fully saturated rings. The van der Waals surface area contributed by atoms with Gasteiger partial charge in [-0.15, -0.1) is 0 Å². The van der Waals surface area contributed by atoms with Crippen LogP contribution in [0.1, 0.15) is 44.9 Å². The first-order valence-electron chi connectivity index (χ1n) is 22.2. The van der Waals surface area contributed by atoms with Gasteiger partial charge in [0.15, 0.2) is 0 Å². The maximum atomic E-state index is 6.66. The summed E-state index contributed by atoms with van der Waals surface area (Å²) in [6.07, 6.45) is 0. The lowest BCUT2D eigenvalue weighted by atomic mass is 9.66. The van der Waals surface area contributed by atoms with E-state index in [0.717, 1.165) is 17.2 Å². The summed E-state index contributed by atoms with van der Waals surface area (Å²) in [7, 11) is 0. The second kappa shape index (κ2) is 14.4. The van der Waals surface area contributed by atoms with Crippen molar-refractivity contribution < 1.29 is 4.74 Å². The van der Waals surface area contributed by atoms with Gasteiger partial charge in [-0.3, -0.25) is 0 Å². The molecule has 0 amide bonds. The third-order valence-electron chi connectivity index (χ3n) is 13.8. The Kier molecular flexibility index (Phi) is 8.23. The second-order valence-electron chi connectivity index (χ2n) is 17.1. The Morgan fingerprint density at radius 3 is 1.39 bits per heavy atom. The Bertz CT molecular complexity index is 3460. The van der Waals surface area contributed by atoms with Crippen molar-refractivity contribution in [2.45, 2.75) is 11.3 Å². The Hall–Kier alpha value is -8.20. The minimum Gasteiger partial charge on any atom is -0.457 e. The van der Waals surface area contributed by atoms with Crippen molar-refractivity contribution in [1.82, 2.24) is 4.57 Å². The molecule has 0 bridgehead atoms. The van der Waals surface area contributed by atoms with Gasteiger partial charge in [-0.2, -0.15) is 0 Å². The lowest BCUT2D eigenvalue weighted by Crippen LogP contribution is -2.32. The van der Waals surface area contributed by atoms with Gasteiger partial charge in [0.1, 0.15) is 11.5 Å². The largest absolute Gasteiger partial charge is 0.457 e. The summed E-state index contributed by atoms with van der Waals surface area (Å²) in [5.74, 6) is 1.77. The van der Waals surface area contributed by atoms with Crippen molar-refractivity contribution in [2.24, 2.45) is 0 Å². The molecule has 2 heteroatoms. The van der Waals surface area contributed by atoms with E-state index in [0.29, 0.717) is 0 Å². The van der Waals surface area contributed by atoms with Crippen LogP contribution < -0.4 is 4.74 Å². The Labute approximate surface area is 373 Å². The van der Waals surface area contributed by atoms with Crippen molar-refractivity contribution in [3.8, 4) is 50.6 Å². The number of ether oxygens (including phenoxy) is 1. The van der Waals surface area contributed by atoms with Crippen LogP contribution in [0.5, 0.6) is 11.5 Å². The molecule has 0 saturated carbocycles. The van der Waals surface area contributed by atoms with Crippen LogP contribution in [-0.4, -0.2) is 4.57 Å². The summed E-state index contributed by atoms with van der Waals surface area (Å²) in [6, 6.07) is 88.9. The fourth-order valence-corrected chi connectivity index (χ4v) is 11.1. The molecule has 1 spiro atoms. The summed E-state index contributed by atoms with van der Waals surface area (Å²) in [5.41, 5.74) is 19.1. The monoisotopic (exact) mass is 815 g/mol. The zero-order valence-electron chi connectivity index (χ0n) is 35.0. The van der Waals surface area contributed by atoms with Gasteiger partial charge in [0.05, 0.1) is 16.4 Å². The van der Waals surface area contributed by atoms with Gasteiger partial charge in [0.25, 0.3) is 0 Å². The van der Waals surface area contributed by atoms with E-state index < -0.39 is 5.41 Å². The lowest BCUT2D eigenvalue weighted by Gasteiger charge is -2.39. The number of hydrogen-bond donors (Lipinski definition) is 0. The highest BCUT2D eigenvalue weighted by Crippen LogP contribution is 2.63. The summed E-state index contributed by atoms with van der Waals surface area (Å²) in [6.45, 7) is 0. The first kappa shape index (κ1) is 36.5. The van der Waals surface area contributed by atoms with E-state index in [-0.39, 0.29) is 5.92 Å². The molecule has 2 nitrogen and oxygen atoms in total. The van der Waals surface area contributed by atoms with E-state index in [1.54, 1.807) is 0 Å². The maximum Gasteiger partial charge on any atom is 0.132 e. The van der Waals surface area contributed by atoms with Gasteiger partial charge in [0, 0.05) is 33.5 Å². The molecular weight excluding hydrogens is 775 g/mol. The Morgan fingerprint density at radius 1 is 0.344 bits per heavy atom. The molecule has 13 rings (SSSR count). The van der Waals surface area contributed by atoms with Crippen molar-refractivity contribution >= 4 is 21.8 Å². The molecule has 11 aromatic rings. The predicted molar refractivity (Wildman–Crippen MR) is 263 cm³/mol. The van der Waals surface area contributed by atoms with Crippen molar-refractivity contribution in [3.05, 3.63) is 282 Å². The van der Waals surface area contributed by atoms with Gasteiger partial charge in [-0.05, 0) is 97.6 Å². The van der Waals surface area contributed by atoms with Gasteiger partial charge < -0.3 is 9.30 Å². The smallest absolute Gasteiger partial charge is 0.132 e. The quantitative estimate of drug-likeness (QED) is 0.153. The van der Waals surface area contributed by atoms with E-state index in [2.05, 4.69) is 247 Å². The standard InChI is InChI=1S/C62H41NO/c1-2-15-41(16-3-1)42-29-33-45(34-30-42)60(46-35-31-43(32-36-46)44-37-39-47(40-38-44)63-56-25-10-5-17-48(56)49-18-6-11-26-57(49)63)51-20-14-24-55-61(51)50-19-4-7-21-52(50)62(55)53-22-8-12-27-58(53)64-59-28-13-9-23-54(59)62/h1-40,60H. The number of nitrogens with zero attached hydrogens (tertiary/aromatic N) is 1. The molecule has 10 aromatic carbocycles. The number of benzene rings is 10. The number of rotatable bonds is 6. The molecule has 0 saturated heterocycles. The van der Waals surface area contributed by atoms with Gasteiger partial charge in [-0.25, -0.2) is 0 Å². The van der Waals surface area contributed by atoms with Crippen LogP contribution >= 0.6 is 0 Å². The third kappa shape index (κ3) is 5.39. The van der Waals surface area contributed by atoms with E-state index in [9.17, 15) is 0 Å². The molecule has 1 aliphatic heterocycles. The molecule has 1 atom stereocenters. The first-order valence-corrected chi connectivity index (χ1v) is 22.2. The van der Waals surface area contributed by atoms with E-state index in [1.807, 2.05) is 0 Å². The van der Waals surface area contributed by atoms with Crippen LogP contribution in [-0.2, 0) is 5.41 Å². The normalized spacial score (nSPS) is 13.5. The molecule has 2 heterocycles. The molecule has 300 valence electrons. The third-order valence-corrected chi connectivity index (χ3v) is 13.8. The molecular formula is C62H41NO. The van der Waals surface area contributed by atoms with Crippen molar-refractivity contribution in [2.75, 3.05) is 0 Å². The van der Waals surface area contributed by atoms with Crippen LogP contribution in [0.15, 0.2) is 243 Å². The topological polar surface area (TPSA) is 14.2 Å². The summed E-state index contributed by atoms with van der Waals surface area (Å²) in [5, 5.41) is 2.54. The van der Waals surface area contributed by atoms with Crippen LogP contribution in [0, 0.1) is 0 Å². The van der Waals surface area contributed by atoms with Crippen LogP contribution in [0.3, 0.4) is 0 Å². The van der Waals surface area contributed by atoms with Gasteiger partial charge in [0.2, 0.25) is 0 Å². The number of fused-ring (bicyclic) bond motifs is 12. The molecule has 1 aliphatic carbocycles. The van der Waals surface area contributed by atoms with Crippen molar-refractivity contribution in [3.63, 3.8) is 0 Å². The Morgan fingerprint density at radius 2 is 0.797 bits per heavy atom. The highest BCUT2D eigenvalue weighted by atomic mass is 16.5. The first-order chi connectivity index (χ1) is 31.8. The highest BCUT2D eigenvalue weighted by Gasteiger charge is 2.51. The average Bonchev–Trinajstić information content (AvgIpc) is 3.86. The molecule has 2 aliphatic rings. The molecule has 0 N–H and O–H groups in total. The zero-order valence-corrected chi connectivity index (χ0v) is 35.0. The Balaban J connectivity index is 0.962. The minimum atomic E-state index is -0.537. The number of aromatic nitrogens is 1. The van der Waals surface area contributed by atoms with Crippen LogP contribution in [0.25, 0.3) is 60.9 Å². The summed E-state index contributed by atoms with van der Waals surface area (Å²) >= 11 is 0. The van der Waals surface area contributed by atoms with E-state index >= 15 is 0 Å². The van der Waals surface area contributed by atoms with E-state index in [1.165, 1.54) is 94.1 Å². The van der Waals surface area contributed by atoms with Crippen LogP contribution in [0.4, 0.5) is 0 Å².